The van der Waals surface area contributed by atoms with Gasteiger partial charge in [-0.05, 0) is 66.2 Å². The van der Waals surface area contributed by atoms with Gasteiger partial charge in [0.1, 0.15) is 18.1 Å². The van der Waals surface area contributed by atoms with Crippen molar-refractivity contribution in [1.29, 1.82) is 0 Å². The zero-order chi connectivity index (χ0) is 23.7. The number of nitrogens with zero attached hydrogens (tertiary/aromatic N) is 2. The molecule has 0 N–H and O–H groups in total. The Morgan fingerprint density at radius 1 is 1.06 bits per heavy atom. The maximum atomic E-state index is 6.48. The van der Waals surface area contributed by atoms with Crippen LogP contribution >= 0.6 is 15.9 Å². The maximum Gasteiger partial charge on any atom is 0.214 e. The number of hydrazone groups is 1. The first-order chi connectivity index (χ1) is 16.6. The van der Waals surface area contributed by atoms with Crippen molar-refractivity contribution in [3.05, 3.63) is 94.5 Å². The van der Waals surface area contributed by atoms with E-state index in [0.717, 1.165) is 44.8 Å². The fourth-order valence-electron chi connectivity index (χ4n) is 4.36. The highest BCUT2D eigenvalue weighted by atomic mass is 79.9. The van der Waals surface area contributed by atoms with Crippen LogP contribution in [0.4, 0.5) is 0 Å². The van der Waals surface area contributed by atoms with Gasteiger partial charge < -0.3 is 18.9 Å². The Hall–Kier alpha value is -3.45. The van der Waals surface area contributed by atoms with E-state index in [2.05, 4.69) is 28.6 Å². The van der Waals surface area contributed by atoms with E-state index in [1.165, 1.54) is 0 Å². The lowest BCUT2D eigenvalue weighted by Crippen LogP contribution is -2.33. The SMILES string of the molecule is C=CCOc1ccc(C2=NN3C(C2)c2cc(Br)ccc2OC3c2ccc(OC)c(OC)c2)cc1. The molecule has 34 heavy (non-hydrogen) atoms. The summed E-state index contributed by atoms with van der Waals surface area (Å²) in [4.78, 5) is 0. The quantitative estimate of drug-likeness (QED) is 0.343. The van der Waals surface area contributed by atoms with Crippen LogP contribution in [-0.2, 0) is 0 Å². The van der Waals surface area contributed by atoms with Crippen LogP contribution in [0.25, 0.3) is 0 Å². The third-order valence-corrected chi connectivity index (χ3v) is 6.49. The molecule has 0 fully saturated rings. The van der Waals surface area contributed by atoms with Gasteiger partial charge in [0.05, 0.1) is 26.0 Å². The molecule has 0 radical (unpaired) electrons. The zero-order valence-corrected chi connectivity index (χ0v) is 20.6. The maximum absolute atomic E-state index is 6.48. The van der Waals surface area contributed by atoms with E-state index < -0.39 is 6.23 Å². The lowest BCUT2D eigenvalue weighted by atomic mass is 9.96. The summed E-state index contributed by atoms with van der Waals surface area (Å²) in [5.41, 5.74) is 4.11. The molecule has 5 rings (SSSR count). The molecule has 0 bridgehead atoms. The van der Waals surface area contributed by atoms with Crippen LogP contribution in [0.5, 0.6) is 23.0 Å². The van der Waals surface area contributed by atoms with Gasteiger partial charge >= 0.3 is 0 Å². The third kappa shape index (κ3) is 4.12. The Bertz CT molecular complexity index is 1240. The second kappa shape index (κ2) is 9.43. The Balaban J connectivity index is 1.53. The van der Waals surface area contributed by atoms with Crippen LogP contribution in [0.3, 0.4) is 0 Å². The van der Waals surface area contributed by atoms with E-state index in [1.807, 2.05) is 59.6 Å². The van der Waals surface area contributed by atoms with Crippen LogP contribution in [0.2, 0.25) is 0 Å². The second-order valence-electron chi connectivity index (χ2n) is 8.04. The highest BCUT2D eigenvalue weighted by Gasteiger charge is 2.41. The number of halogens is 1. The molecule has 0 amide bonds. The summed E-state index contributed by atoms with van der Waals surface area (Å²) in [6.45, 7) is 4.17. The van der Waals surface area contributed by atoms with Crippen LogP contribution < -0.4 is 18.9 Å². The molecule has 0 saturated heterocycles. The molecule has 2 heterocycles. The summed E-state index contributed by atoms with van der Waals surface area (Å²) >= 11 is 3.61. The van der Waals surface area contributed by atoms with E-state index in [0.29, 0.717) is 18.1 Å². The molecular weight excluding hydrogens is 496 g/mol. The molecule has 2 atom stereocenters. The Morgan fingerprint density at radius 3 is 2.59 bits per heavy atom. The predicted octanol–water partition coefficient (Wildman–Crippen LogP) is 6.27. The summed E-state index contributed by atoms with van der Waals surface area (Å²) in [5.74, 6) is 2.99. The minimum Gasteiger partial charge on any atom is -0.493 e. The average molecular weight is 521 g/mol. The van der Waals surface area contributed by atoms with Crippen molar-refractivity contribution >= 4 is 21.6 Å². The normalized spacial score (nSPS) is 18.3. The summed E-state index contributed by atoms with van der Waals surface area (Å²) in [6.07, 6.45) is 2.10. The van der Waals surface area contributed by atoms with E-state index in [4.69, 9.17) is 24.0 Å². The van der Waals surface area contributed by atoms with Crippen LogP contribution in [0, 0.1) is 0 Å². The van der Waals surface area contributed by atoms with Gasteiger partial charge in [0, 0.05) is 22.0 Å². The number of hydrogen-bond acceptors (Lipinski definition) is 6. The second-order valence-corrected chi connectivity index (χ2v) is 8.95. The van der Waals surface area contributed by atoms with Gasteiger partial charge in [0.25, 0.3) is 0 Å². The minimum atomic E-state index is -0.397. The summed E-state index contributed by atoms with van der Waals surface area (Å²) in [5, 5.41) is 7.09. The van der Waals surface area contributed by atoms with Gasteiger partial charge in [-0.15, -0.1) is 0 Å². The summed E-state index contributed by atoms with van der Waals surface area (Å²) in [6, 6.07) is 20.0. The highest BCUT2D eigenvalue weighted by molar-refractivity contribution is 9.10. The van der Waals surface area contributed by atoms with Crippen molar-refractivity contribution in [2.45, 2.75) is 18.7 Å². The first kappa shape index (κ1) is 22.3. The zero-order valence-electron chi connectivity index (χ0n) is 19.0. The molecule has 3 aromatic rings. The van der Waals surface area contributed by atoms with Crippen molar-refractivity contribution < 1.29 is 18.9 Å². The Morgan fingerprint density at radius 2 is 1.85 bits per heavy atom. The number of fused-ring (bicyclic) bond motifs is 3. The number of rotatable bonds is 7. The van der Waals surface area contributed by atoms with Crippen molar-refractivity contribution in [2.24, 2.45) is 5.10 Å². The third-order valence-electron chi connectivity index (χ3n) is 6.00. The monoisotopic (exact) mass is 520 g/mol. The molecule has 0 spiro atoms. The molecule has 2 aliphatic heterocycles. The first-order valence-electron chi connectivity index (χ1n) is 11.0. The lowest BCUT2D eigenvalue weighted by Gasteiger charge is -2.38. The smallest absolute Gasteiger partial charge is 0.214 e. The molecule has 2 aliphatic rings. The Labute approximate surface area is 207 Å². The van der Waals surface area contributed by atoms with Crippen molar-refractivity contribution in [1.82, 2.24) is 5.01 Å². The molecule has 6 nitrogen and oxygen atoms in total. The molecule has 0 saturated carbocycles. The summed E-state index contributed by atoms with van der Waals surface area (Å²) in [7, 11) is 3.26. The lowest BCUT2D eigenvalue weighted by molar-refractivity contribution is -0.0192. The Kier molecular flexibility index (Phi) is 6.20. The van der Waals surface area contributed by atoms with Gasteiger partial charge in [-0.3, -0.25) is 0 Å². The van der Waals surface area contributed by atoms with E-state index >= 15 is 0 Å². The first-order valence-corrected chi connectivity index (χ1v) is 11.8. The van der Waals surface area contributed by atoms with Crippen LogP contribution in [0.15, 0.2) is 82.9 Å². The van der Waals surface area contributed by atoms with Gasteiger partial charge in [-0.2, -0.15) is 5.10 Å². The van der Waals surface area contributed by atoms with Gasteiger partial charge in [0.2, 0.25) is 6.23 Å². The van der Waals surface area contributed by atoms with E-state index in [-0.39, 0.29) is 6.04 Å². The van der Waals surface area contributed by atoms with Gasteiger partial charge in [0.15, 0.2) is 11.5 Å². The standard InChI is InChI=1S/C27H25BrN2O4/c1-4-13-33-20-9-5-17(6-10-20)22-16-23-21-15-19(28)8-12-24(21)34-27(30(23)29-22)18-7-11-25(31-2)26(14-18)32-3/h4-12,14-15,23,27H,1,13,16H2,2-3H3. The average Bonchev–Trinajstić information content (AvgIpc) is 3.33. The minimum absolute atomic E-state index is 0.0473. The molecule has 2 unspecified atom stereocenters. The molecule has 3 aromatic carbocycles. The largest absolute Gasteiger partial charge is 0.493 e. The number of hydrogen-bond donors (Lipinski definition) is 0. The van der Waals surface area contributed by atoms with Crippen molar-refractivity contribution in [3.8, 4) is 23.0 Å². The highest BCUT2D eigenvalue weighted by Crippen LogP contribution is 2.49. The van der Waals surface area contributed by atoms with Gasteiger partial charge in [-0.1, -0.05) is 28.6 Å². The number of ether oxygens (including phenoxy) is 4. The number of methoxy groups -OCH3 is 2. The predicted molar refractivity (Wildman–Crippen MR) is 135 cm³/mol. The van der Waals surface area contributed by atoms with Crippen molar-refractivity contribution in [3.63, 3.8) is 0 Å². The molecule has 0 aromatic heterocycles. The van der Waals surface area contributed by atoms with Gasteiger partial charge in [-0.25, -0.2) is 5.01 Å². The molecule has 174 valence electrons. The van der Waals surface area contributed by atoms with E-state index in [9.17, 15) is 0 Å². The fraction of sp³-hybridized carbons (Fsp3) is 0.222. The molecule has 0 aliphatic carbocycles. The summed E-state index contributed by atoms with van der Waals surface area (Å²) < 4.78 is 24.1. The van der Waals surface area contributed by atoms with E-state index in [1.54, 1.807) is 20.3 Å². The molecule has 7 heteroatoms. The topological polar surface area (TPSA) is 52.5 Å². The van der Waals surface area contributed by atoms with Crippen molar-refractivity contribution in [2.75, 3.05) is 20.8 Å². The van der Waals surface area contributed by atoms with Crippen LogP contribution in [-0.4, -0.2) is 31.5 Å². The fourth-order valence-corrected chi connectivity index (χ4v) is 4.74. The molecular formula is C27H25BrN2O4. The number of benzene rings is 3. The van der Waals surface area contributed by atoms with Crippen LogP contribution in [0.1, 0.15) is 35.4 Å².